The summed E-state index contributed by atoms with van der Waals surface area (Å²) < 4.78 is 9.71. The van der Waals surface area contributed by atoms with E-state index >= 15 is 0 Å². The van der Waals surface area contributed by atoms with E-state index in [1.165, 1.54) is 7.11 Å². The zero-order valence-electron chi connectivity index (χ0n) is 10.1. The lowest BCUT2D eigenvalue weighted by Gasteiger charge is -2.21. The molecule has 0 bridgehead atoms. The third-order valence-corrected chi connectivity index (χ3v) is 1.86. The van der Waals surface area contributed by atoms with Gasteiger partial charge in [-0.15, -0.1) is 0 Å². The predicted molar refractivity (Wildman–Crippen MR) is 56.3 cm³/mol. The molecule has 4 nitrogen and oxygen atoms in total. The summed E-state index contributed by atoms with van der Waals surface area (Å²) >= 11 is 0. The van der Waals surface area contributed by atoms with Crippen molar-refractivity contribution in [2.24, 2.45) is 5.92 Å². The molecule has 0 aromatic rings. The van der Waals surface area contributed by atoms with Crippen LogP contribution in [0.1, 0.15) is 40.5 Å². The van der Waals surface area contributed by atoms with Gasteiger partial charge in [0.05, 0.1) is 19.4 Å². The van der Waals surface area contributed by atoms with Crippen LogP contribution in [-0.2, 0) is 19.1 Å². The Hall–Kier alpha value is -1.06. The van der Waals surface area contributed by atoms with Crippen LogP contribution in [-0.4, -0.2) is 24.6 Å². The van der Waals surface area contributed by atoms with Crippen LogP contribution in [0, 0.1) is 5.92 Å². The van der Waals surface area contributed by atoms with Crippen LogP contribution < -0.4 is 0 Å². The minimum atomic E-state index is -0.508. The lowest BCUT2D eigenvalue weighted by atomic mass is 10.0. The number of rotatable bonds is 4. The minimum Gasteiger partial charge on any atom is -0.469 e. The number of carbonyl (C=O) groups is 2. The second-order valence-electron chi connectivity index (χ2n) is 4.42. The SMILES string of the molecule is CC[C@@H](CC(=O)OC(C)(C)C)C(=O)OC. The maximum absolute atomic E-state index is 11.4. The summed E-state index contributed by atoms with van der Waals surface area (Å²) in [7, 11) is 1.32. The molecule has 0 aromatic heterocycles. The summed E-state index contributed by atoms with van der Waals surface area (Å²) in [5.41, 5.74) is -0.508. The molecule has 0 N–H and O–H groups in total. The molecule has 0 spiro atoms. The molecule has 0 rings (SSSR count). The summed E-state index contributed by atoms with van der Waals surface area (Å²) in [6.07, 6.45) is 0.659. The Kier molecular flexibility index (Phi) is 5.33. The first kappa shape index (κ1) is 13.9. The van der Waals surface area contributed by atoms with Gasteiger partial charge in [-0.2, -0.15) is 0 Å². The van der Waals surface area contributed by atoms with Crippen molar-refractivity contribution in [1.29, 1.82) is 0 Å². The van der Waals surface area contributed by atoms with Crippen molar-refractivity contribution in [2.75, 3.05) is 7.11 Å². The van der Waals surface area contributed by atoms with Gasteiger partial charge in [-0.05, 0) is 27.2 Å². The van der Waals surface area contributed by atoms with Gasteiger partial charge in [-0.1, -0.05) is 6.92 Å². The molecule has 0 radical (unpaired) electrons. The molecule has 0 aliphatic carbocycles. The van der Waals surface area contributed by atoms with Gasteiger partial charge in [0.2, 0.25) is 0 Å². The molecule has 0 amide bonds. The fourth-order valence-electron chi connectivity index (χ4n) is 1.15. The highest BCUT2D eigenvalue weighted by molar-refractivity contribution is 5.79. The third-order valence-electron chi connectivity index (χ3n) is 1.86. The van der Waals surface area contributed by atoms with Crippen molar-refractivity contribution in [3.8, 4) is 0 Å². The van der Waals surface area contributed by atoms with Crippen molar-refractivity contribution in [1.82, 2.24) is 0 Å². The third kappa shape index (κ3) is 6.10. The summed E-state index contributed by atoms with van der Waals surface area (Å²) in [5.74, 6) is -1.12. The lowest BCUT2D eigenvalue weighted by Crippen LogP contribution is -2.27. The normalized spacial score (nSPS) is 13.1. The van der Waals surface area contributed by atoms with Gasteiger partial charge in [-0.3, -0.25) is 9.59 Å². The highest BCUT2D eigenvalue weighted by Gasteiger charge is 2.24. The highest BCUT2D eigenvalue weighted by Crippen LogP contribution is 2.15. The first-order valence-electron chi connectivity index (χ1n) is 5.09. The number of hydrogen-bond acceptors (Lipinski definition) is 4. The van der Waals surface area contributed by atoms with Crippen LogP contribution in [0.25, 0.3) is 0 Å². The monoisotopic (exact) mass is 216 g/mol. The maximum Gasteiger partial charge on any atom is 0.309 e. The van der Waals surface area contributed by atoms with Crippen LogP contribution in [0.2, 0.25) is 0 Å². The zero-order chi connectivity index (χ0) is 12.1. The number of esters is 2. The van der Waals surface area contributed by atoms with Gasteiger partial charge in [0.15, 0.2) is 0 Å². The summed E-state index contributed by atoms with van der Waals surface area (Å²) in [4.78, 5) is 22.6. The molecule has 0 aliphatic rings. The first-order chi connectivity index (χ1) is 6.80. The number of ether oxygens (including phenoxy) is 2. The van der Waals surface area contributed by atoms with Gasteiger partial charge in [0.1, 0.15) is 5.60 Å². The molecule has 4 heteroatoms. The van der Waals surface area contributed by atoms with Crippen molar-refractivity contribution >= 4 is 11.9 Å². The average molecular weight is 216 g/mol. The maximum atomic E-state index is 11.4. The smallest absolute Gasteiger partial charge is 0.309 e. The van der Waals surface area contributed by atoms with E-state index in [1.807, 2.05) is 6.92 Å². The summed E-state index contributed by atoms with van der Waals surface area (Å²) in [6, 6.07) is 0. The highest BCUT2D eigenvalue weighted by atomic mass is 16.6. The van der Waals surface area contributed by atoms with Crippen LogP contribution in [0.3, 0.4) is 0 Å². The van der Waals surface area contributed by atoms with Gasteiger partial charge < -0.3 is 9.47 Å². The minimum absolute atomic E-state index is 0.0838. The molecule has 0 saturated heterocycles. The Morgan fingerprint density at radius 1 is 1.27 bits per heavy atom. The Bertz CT molecular complexity index is 227. The van der Waals surface area contributed by atoms with Gasteiger partial charge >= 0.3 is 11.9 Å². The number of hydrogen-bond donors (Lipinski definition) is 0. The molecular formula is C11H20O4. The van der Waals surface area contributed by atoms with Crippen molar-refractivity contribution in [2.45, 2.75) is 46.1 Å². The number of carbonyl (C=O) groups excluding carboxylic acids is 2. The van der Waals surface area contributed by atoms with E-state index in [4.69, 9.17) is 4.74 Å². The fraction of sp³-hybridized carbons (Fsp3) is 0.818. The van der Waals surface area contributed by atoms with E-state index in [9.17, 15) is 9.59 Å². The van der Waals surface area contributed by atoms with E-state index in [0.29, 0.717) is 6.42 Å². The van der Waals surface area contributed by atoms with Gasteiger partial charge in [0.25, 0.3) is 0 Å². The Balaban J connectivity index is 4.20. The Labute approximate surface area is 90.9 Å². The quantitative estimate of drug-likeness (QED) is 0.674. The second kappa shape index (κ2) is 5.73. The van der Waals surface area contributed by atoms with Crippen molar-refractivity contribution in [3.63, 3.8) is 0 Å². The predicted octanol–water partition coefficient (Wildman–Crippen LogP) is 1.92. The molecule has 0 heterocycles. The van der Waals surface area contributed by atoms with Crippen LogP contribution in [0.15, 0.2) is 0 Å². The van der Waals surface area contributed by atoms with Crippen LogP contribution >= 0.6 is 0 Å². The van der Waals surface area contributed by atoms with E-state index < -0.39 is 11.5 Å². The Morgan fingerprint density at radius 2 is 1.80 bits per heavy atom. The molecule has 0 saturated carbocycles. The molecule has 0 aromatic carbocycles. The second-order valence-corrected chi connectivity index (χ2v) is 4.42. The van der Waals surface area contributed by atoms with Crippen LogP contribution in [0.5, 0.6) is 0 Å². The first-order valence-corrected chi connectivity index (χ1v) is 5.09. The lowest BCUT2D eigenvalue weighted by molar-refractivity contribution is -0.160. The van der Waals surface area contributed by atoms with E-state index in [1.54, 1.807) is 20.8 Å². The van der Waals surface area contributed by atoms with Crippen LogP contribution in [0.4, 0.5) is 0 Å². The summed E-state index contributed by atoms with van der Waals surface area (Å²) in [5, 5.41) is 0. The fourth-order valence-corrected chi connectivity index (χ4v) is 1.15. The molecule has 0 aliphatic heterocycles. The average Bonchev–Trinajstić information content (AvgIpc) is 2.10. The largest absolute Gasteiger partial charge is 0.469 e. The number of methoxy groups -OCH3 is 1. The van der Waals surface area contributed by atoms with Gasteiger partial charge in [-0.25, -0.2) is 0 Å². The molecule has 15 heavy (non-hydrogen) atoms. The zero-order valence-corrected chi connectivity index (χ0v) is 10.1. The van der Waals surface area contributed by atoms with Gasteiger partial charge in [0, 0.05) is 0 Å². The molecule has 0 unspecified atom stereocenters. The van der Waals surface area contributed by atoms with Crippen molar-refractivity contribution in [3.05, 3.63) is 0 Å². The van der Waals surface area contributed by atoms with E-state index in [0.717, 1.165) is 0 Å². The molecule has 0 fully saturated rings. The molecular weight excluding hydrogens is 196 g/mol. The standard InChI is InChI=1S/C11H20O4/c1-6-8(10(13)14-5)7-9(12)15-11(2,3)4/h8H,6-7H2,1-5H3/t8-/m0/s1. The van der Waals surface area contributed by atoms with Crippen molar-refractivity contribution < 1.29 is 19.1 Å². The van der Waals surface area contributed by atoms with E-state index in [-0.39, 0.29) is 18.4 Å². The van der Waals surface area contributed by atoms with E-state index in [2.05, 4.69) is 4.74 Å². The molecule has 88 valence electrons. The summed E-state index contributed by atoms with van der Waals surface area (Å²) in [6.45, 7) is 7.23. The molecule has 1 atom stereocenters. The Morgan fingerprint density at radius 3 is 2.13 bits per heavy atom. The topological polar surface area (TPSA) is 52.6 Å².